The molecule has 0 bridgehead atoms. The quantitative estimate of drug-likeness (QED) is 0.821. The zero-order valence-corrected chi connectivity index (χ0v) is 16.1. The molecule has 0 saturated carbocycles. The number of urea groups is 1. The fraction of sp³-hybridized carbons (Fsp3) is 0.632. The van der Waals surface area contributed by atoms with Crippen molar-refractivity contribution in [2.75, 3.05) is 47.9 Å². The van der Waals surface area contributed by atoms with Gasteiger partial charge in [-0.25, -0.2) is 4.79 Å². The predicted octanol–water partition coefficient (Wildman–Crippen LogP) is 1.68. The zero-order valence-electron chi connectivity index (χ0n) is 16.1. The van der Waals surface area contributed by atoms with Crippen molar-refractivity contribution in [3.05, 3.63) is 29.3 Å². The fourth-order valence-corrected chi connectivity index (χ4v) is 3.62. The van der Waals surface area contributed by atoms with Crippen molar-refractivity contribution < 1.29 is 9.53 Å². The third kappa shape index (κ3) is 5.34. The van der Waals surface area contributed by atoms with Gasteiger partial charge in [-0.1, -0.05) is 12.1 Å². The smallest absolute Gasteiger partial charge is 0.314 e. The number of rotatable bonds is 6. The summed E-state index contributed by atoms with van der Waals surface area (Å²) in [5, 5.41) is 5.58. The minimum absolute atomic E-state index is 0.103. The lowest BCUT2D eigenvalue weighted by Gasteiger charge is -2.42. The zero-order chi connectivity index (χ0) is 18.4. The number of hydrogen-bond donors (Lipinski definition) is 2. The molecule has 25 heavy (non-hydrogen) atoms. The summed E-state index contributed by atoms with van der Waals surface area (Å²) in [5.74, 6) is 1.41. The number of piperidine rings is 1. The van der Waals surface area contributed by atoms with Crippen molar-refractivity contribution in [2.45, 2.75) is 25.9 Å². The van der Waals surface area contributed by atoms with E-state index in [0.717, 1.165) is 38.3 Å². The molecular weight excluding hydrogens is 316 g/mol. The van der Waals surface area contributed by atoms with E-state index < -0.39 is 0 Å². The average Bonchev–Trinajstić information content (AvgIpc) is 2.60. The number of benzene rings is 1. The van der Waals surface area contributed by atoms with Crippen LogP contribution in [0.1, 0.15) is 17.5 Å². The third-order valence-corrected chi connectivity index (χ3v) is 5.09. The topological polar surface area (TPSA) is 56.8 Å². The molecule has 0 unspecified atom stereocenters. The van der Waals surface area contributed by atoms with E-state index in [1.54, 1.807) is 14.2 Å². The van der Waals surface area contributed by atoms with Crippen LogP contribution in [0.5, 0.6) is 5.75 Å². The van der Waals surface area contributed by atoms with Gasteiger partial charge in [-0.05, 0) is 57.1 Å². The minimum atomic E-state index is -0.103. The fourth-order valence-electron chi connectivity index (χ4n) is 3.62. The number of nitrogens with zero attached hydrogens (tertiary/aromatic N) is 2. The summed E-state index contributed by atoms with van der Waals surface area (Å²) in [6.45, 7) is 5.82. The maximum atomic E-state index is 11.5. The average molecular weight is 348 g/mol. The molecule has 0 aliphatic carbocycles. The molecule has 140 valence electrons. The van der Waals surface area contributed by atoms with E-state index in [0.29, 0.717) is 12.0 Å². The number of methoxy groups -OCH3 is 1. The van der Waals surface area contributed by atoms with Gasteiger partial charge in [-0.2, -0.15) is 0 Å². The number of hydrogen-bond acceptors (Lipinski definition) is 4. The van der Waals surface area contributed by atoms with Crippen LogP contribution in [0, 0.1) is 12.8 Å². The van der Waals surface area contributed by atoms with E-state index in [-0.39, 0.29) is 6.03 Å². The SMILES string of the molecule is CNC(=O)NC[C@H]1CCN(Cc2ccc(OC)c(C)c2)C[C@H]1N(C)C. The Morgan fingerprint density at radius 2 is 2.16 bits per heavy atom. The van der Waals surface area contributed by atoms with E-state index in [9.17, 15) is 4.79 Å². The molecule has 1 aromatic carbocycles. The third-order valence-electron chi connectivity index (χ3n) is 5.09. The largest absolute Gasteiger partial charge is 0.496 e. The first-order valence-electron chi connectivity index (χ1n) is 8.92. The number of nitrogens with one attached hydrogen (secondary N) is 2. The Balaban J connectivity index is 1.96. The first kappa shape index (κ1) is 19.5. The van der Waals surface area contributed by atoms with Gasteiger partial charge in [0, 0.05) is 32.7 Å². The van der Waals surface area contributed by atoms with Gasteiger partial charge >= 0.3 is 6.03 Å². The summed E-state index contributed by atoms with van der Waals surface area (Å²) in [6.07, 6.45) is 1.09. The Morgan fingerprint density at radius 1 is 1.40 bits per heavy atom. The van der Waals surface area contributed by atoms with Crippen molar-refractivity contribution in [1.82, 2.24) is 20.4 Å². The second-order valence-electron chi connectivity index (χ2n) is 7.08. The monoisotopic (exact) mass is 348 g/mol. The molecule has 0 spiro atoms. The highest BCUT2D eigenvalue weighted by atomic mass is 16.5. The summed E-state index contributed by atoms with van der Waals surface area (Å²) in [7, 11) is 7.61. The number of ether oxygens (including phenoxy) is 1. The van der Waals surface area contributed by atoms with Crippen molar-refractivity contribution in [2.24, 2.45) is 5.92 Å². The van der Waals surface area contributed by atoms with Crippen LogP contribution < -0.4 is 15.4 Å². The highest BCUT2D eigenvalue weighted by Gasteiger charge is 2.30. The standard InChI is InChI=1S/C19H32N4O2/c1-14-10-15(6-7-18(14)25-5)12-23-9-8-16(11-21-19(24)20-2)17(13-23)22(3)4/h6-7,10,16-17H,8-9,11-13H2,1-5H3,(H2,20,21,24)/t16-,17-/m1/s1. The minimum Gasteiger partial charge on any atom is -0.496 e. The summed E-state index contributed by atoms with van der Waals surface area (Å²) in [5.41, 5.74) is 2.49. The van der Waals surface area contributed by atoms with E-state index in [2.05, 4.69) is 53.6 Å². The molecule has 1 aliphatic rings. The van der Waals surface area contributed by atoms with E-state index >= 15 is 0 Å². The lowest BCUT2D eigenvalue weighted by molar-refractivity contribution is 0.0782. The summed E-state index contributed by atoms with van der Waals surface area (Å²) < 4.78 is 5.35. The van der Waals surface area contributed by atoms with Crippen LogP contribution in [0.2, 0.25) is 0 Å². The Bertz CT molecular complexity index is 577. The summed E-state index contributed by atoms with van der Waals surface area (Å²) >= 11 is 0. The number of carbonyl (C=O) groups is 1. The molecule has 1 fully saturated rings. The molecule has 1 aromatic rings. The lowest BCUT2D eigenvalue weighted by Crippen LogP contribution is -2.53. The molecule has 6 nitrogen and oxygen atoms in total. The normalized spacial score (nSPS) is 21.2. The first-order chi connectivity index (χ1) is 11.9. The van der Waals surface area contributed by atoms with Gasteiger partial charge in [0.2, 0.25) is 0 Å². The second kappa shape index (κ2) is 9.06. The predicted molar refractivity (Wildman–Crippen MR) is 101 cm³/mol. The van der Waals surface area contributed by atoms with Crippen LogP contribution in [-0.2, 0) is 6.54 Å². The summed E-state index contributed by atoms with van der Waals surface area (Å²) in [4.78, 5) is 16.2. The molecule has 2 N–H and O–H groups in total. The van der Waals surface area contributed by atoms with Crippen molar-refractivity contribution in [3.8, 4) is 5.75 Å². The van der Waals surface area contributed by atoms with Crippen molar-refractivity contribution in [1.29, 1.82) is 0 Å². The summed E-state index contributed by atoms with van der Waals surface area (Å²) in [6, 6.07) is 6.74. The van der Waals surface area contributed by atoms with E-state index in [4.69, 9.17) is 4.74 Å². The van der Waals surface area contributed by atoms with Gasteiger partial charge in [0.25, 0.3) is 0 Å². The van der Waals surface area contributed by atoms with E-state index in [1.807, 2.05) is 6.07 Å². The number of carbonyl (C=O) groups excluding carboxylic acids is 1. The molecular formula is C19H32N4O2. The van der Waals surface area contributed by atoms with Gasteiger partial charge in [-0.15, -0.1) is 0 Å². The maximum Gasteiger partial charge on any atom is 0.314 e. The second-order valence-corrected chi connectivity index (χ2v) is 7.08. The van der Waals surface area contributed by atoms with E-state index in [1.165, 1.54) is 11.1 Å². The van der Waals surface area contributed by atoms with Gasteiger partial charge in [0.1, 0.15) is 5.75 Å². The molecule has 1 aliphatic heterocycles. The molecule has 0 aromatic heterocycles. The first-order valence-corrected chi connectivity index (χ1v) is 8.92. The molecule has 1 heterocycles. The molecule has 0 radical (unpaired) electrons. The highest BCUT2D eigenvalue weighted by molar-refractivity contribution is 5.73. The molecule has 2 rings (SSSR count). The molecule has 1 saturated heterocycles. The van der Waals surface area contributed by atoms with Crippen LogP contribution in [0.15, 0.2) is 18.2 Å². The van der Waals surface area contributed by atoms with Crippen LogP contribution in [0.4, 0.5) is 4.79 Å². The van der Waals surface area contributed by atoms with Gasteiger partial charge < -0.3 is 20.3 Å². The van der Waals surface area contributed by atoms with Gasteiger partial charge in [0.05, 0.1) is 7.11 Å². The van der Waals surface area contributed by atoms with Gasteiger partial charge in [-0.3, -0.25) is 4.90 Å². The van der Waals surface area contributed by atoms with Crippen molar-refractivity contribution in [3.63, 3.8) is 0 Å². The Morgan fingerprint density at radius 3 is 2.76 bits per heavy atom. The van der Waals surface area contributed by atoms with Crippen LogP contribution in [-0.4, -0.2) is 69.8 Å². The number of likely N-dealkylation sites (tertiary alicyclic amines) is 1. The Labute approximate surface area is 151 Å². The Kier molecular flexibility index (Phi) is 7.08. The lowest BCUT2D eigenvalue weighted by atomic mass is 9.90. The molecule has 2 amide bonds. The van der Waals surface area contributed by atoms with Gasteiger partial charge in [0.15, 0.2) is 0 Å². The number of aryl methyl sites for hydroxylation is 1. The maximum absolute atomic E-state index is 11.5. The molecule has 6 heteroatoms. The number of likely N-dealkylation sites (N-methyl/N-ethyl adjacent to an activating group) is 1. The number of amides is 2. The molecule has 2 atom stereocenters. The highest BCUT2D eigenvalue weighted by Crippen LogP contribution is 2.24. The van der Waals surface area contributed by atoms with Crippen LogP contribution in [0.3, 0.4) is 0 Å². The van der Waals surface area contributed by atoms with Crippen LogP contribution in [0.25, 0.3) is 0 Å². The van der Waals surface area contributed by atoms with Crippen molar-refractivity contribution >= 4 is 6.03 Å². The Hall–Kier alpha value is -1.79. The van der Waals surface area contributed by atoms with Crippen LogP contribution >= 0.6 is 0 Å².